The van der Waals surface area contributed by atoms with Gasteiger partial charge in [-0.1, -0.05) is 110 Å². The summed E-state index contributed by atoms with van der Waals surface area (Å²) in [5.41, 5.74) is 9.12. The van der Waals surface area contributed by atoms with Gasteiger partial charge in [-0.2, -0.15) is 0 Å². The zero-order valence-corrected chi connectivity index (χ0v) is 44.4. The third-order valence-electron chi connectivity index (χ3n) is 11.2. The molecule has 0 aromatic heterocycles. The second-order valence-electron chi connectivity index (χ2n) is 16.9. The molecule has 394 valence electrons. The normalized spacial score (nSPS) is 11.0. The van der Waals surface area contributed by atoms with Crippen LogP contribution in [0.5, 0.6) is 28.7 Å². The first kappa shape index (κ1) is 57.8. The number of nitrogens with zero attached hydrogens (tertiary/aromatic N) is 5. The van der Waals surface area contributed by atoms with Crippen LogP contribution in [0.4, 0.5) is 32.8 Å². The second-order valence-corrected chi connectivity index (χ2v) is 17.3. The molecule has 9 rings (SSSR count). The molecule has 0 spiro atoms. The number of halogens is 2. The Bertz CT molecular complexity index is 3260. The summed E-state index contributed by atoms with van der Waals surface area (Å²) >= 11 is 5.95. The predicted molar refractivity (Wildman–Crippen MR) is 321 cm³/mol. The maximum atomic E-state index is 12.7. The molecule has 0 saturated carbocycles. The van der Waals surface area contributed by atoms with Gasteiger partial charge in [0.25, 0.3) is 0 Å². The summed E-state index contributed by atoms with van der Waals surface area (Å²) < 4.78 is 23.2. The molecule has 9 aromatic rings. The average molecular weight is 1060 g/mol. The van der Waals surface area contributed by atoms with Gasteiger partial charge in [0.1, 0.15) is 34.6 Å². The fourth-order valence-electron chi connectivity index (χ4n) is 6.91. The van der Waals surface area contributed by atoms with Crippen LogP contribution >= 0.6 is 11.6 Å². The molecular weight excluding hydrogens is 997 g/mol. The lowest BCUT2D eigenvalue weighted by molar-refractivity contribution is 0.340. The van der Waals surface area contributed by atoms with Crippen molar-refractivity contribution in [3.8, 4) is 28.7 Å². The summed E-state index contributed by atoms with van der Waals surface area (Å²) in [4.78, 5) is 21.8. The number of unbranched alkanes of at least 4 members (excludes halogenated alkanes) is 1. The van der Waals surface area contributed by atoms with E-state index in [0.29, 0.717) is 45.4 Å². The maximum Gasteiger partial charge on any atom is 0.124 e. The van der Waals surface area contributed by atoms with Crippen LogP contribution in [0.25, 0.3) is 0 Å². The Morgan fingerprint density at radius 3 is 1.27 bits per heavy atom. The number of aromatic hydroxyl groups is 3. The molecule has 0 unspecified atom stereocenters. The molecule has 0 bridgehead atoms. The number of hydrogen-bond donors (Lipinski definition) is 3. The summed E-state index contributed by atoms with van der Waals surface area (Å²) in [5, 5.41) is 29.7. The van der Waals surface area contributed by atoms with Crippen LogP contribution in [0.1, 0.15) is 60.1 Å². The highest BCUT2D eigenvalue weighted by molar-refractivity contribution is 6.33. The second kappa shape index (κ2) is 32.1. The average Bonchev–Trinajstić information content (AvgIpc) is 3.47. The van der Waals surface area contributed by atoms with E-state index in [1.54, 1.807) is 105 Å². The lowest BCUT2D eigenvalue weighted by Crippen LogP contribution is -1.91. The Morgan fingerprint density at radius 2 is 0.833 bits per heavy atom. The van der Waals surface area contributed by atoms with E-state index in [4.69, 9.17) is 21.1 Å². The first-order valence-electron chi connectivity index (χ1n) is 25.2. The summed E-state index contributed by atoms with van der Waals surface area (Å²) in [6, 6.07) is 65.8. The highest BCUT2D eigenvalue weighted by atomic mass is 35.5. The number of benzene rings is 9. The number of phenolic OH excluding ortho intramolecular Hbond substituents is 3. The van der Waals surface area contributed by atoms with Crippen molar-refractivity contribution in [2.24, 2.45) is 25.0 Å². The third-order valence-corrected chi connectivity index (χ3v) is 11.5. The summed E-state index contributed by atoms with van der Waals surface area (Å²) in [5.74, 6) is 2.01. The van der Waals surface area contributed by atoms with Gasteiger partial charge in [-0.05, 0) is 170 Å². The van der Waals surface area contributed by atoms with E-state index in [2.05, 4.69) is 56.2 Å². The minimum Gasteiger partial charge on any atom is -0.507 e. The Labute approximate surface area is 461 Å². The van der Waals surface area contributed by atoms with Gasteiger partial charge in [0.05, 0.1) is 47.2 Å². The first-order valence-corrected chi connectivity index (χ1v) is 25.6. The third kappa shape index (κ3) is 20.0. The van der Waals surface area contributed by atoms with Crippen LogP contribution in [0.3, 0.4) is 0 Å². The van der Waals surface area contributed by atoms with Gasteiger partial charge in [-0.3, -0.25) is 25.0 Å². The Hall–Kier alpha value is -9.45. The number of ether oxygens (including phenoxy) is 2. The predicted octanol–water partition coefficient (Wildman–Crippen LogP) is 17.2. The summed E-state index contributed by atoms with van der Waals surface area (Å²) in [7, 11) is 1.62. The van der Waals surface area contributed by atoms with Crippen LogP contribution in [0, 0.1) is 5.82 Å². The van der Waals surface area contributed by atoms with E-state index in [1.807, 2.05) is 122 Å². The molecule has 0 aliphatic carbocycles. The van der Waals surface area contributed by atoms with Crippen LogP contribution in [-0.2, 0) is 6.42 Å². The number of aliphatic imine (C=N–C) groups is 5. The van der Waals surface area contributed by atoms with Gasteiger partial charge >= 0.3 is 0 Å². The van der Waals surface area contributed by atoms with Gasteiger partial charge in [0.15, 0.2) is 0 Å². The van der Waals surface area contributed by atoms with E-state index in [9.17, 15) is 19.7 Å². The summed E-state index contributed by atoms with van der Waals surface area (Å²) in [6.07, 6.45) is 12.0. The van der Waals surface area contributed by atoms with Crippen molar-refractivity contribution in [1.29, 1.82) is 0 Å². The molecule has 9 aromatic carbocycles. The molecule has 0 amide bonds. The fraction of sp³-hybridized carbons (Fsp3) is 0.106. The van der Waals surface area contributed by atoms with Crippen molar-refractivity contribution in [2.45, 2.75) is 33.1 Å². The van der Waals surface area contributed by atoms with Crippen LogP contribution in [-0.4, -0.2) is 60.1 Å². The number of rotatable bonds is 16. The van der Waals surface area contributed by atoms with E-state index in [0.717, 1.165) is 40.4 Å². The van der Waals surface area contributed by atoms with Crippen LogP contribution in [0.15, 0.2) is 243 Å². The minimum absolute atomic E-state index is 0.177. The molecule has 0 aliphatic rings. The fourth-order valence-corrected chi connectivity index (χ4v) is 7.09. The molecule has 0 atom stereocenters. The highest BCUT2D eigenvalue weighted by Crippen LogP contribution is 2.29. The van der Waals surface area contributed by atoms with Crippen LogP contribution < -0.4 is 9.47 Å². The van der Waals surface area contributed by atoms with E-state index in [-0.39, 0.29) is 23.1 Å². The van der Waals surface area contributed by atoms with Crippen molar-refractivity contribution in [2.75, 3.05) is 13.7 Å². The lowest BCUT2D eigenvalue weighted by atomic mass is 10.1. The van der Waals surface area contributed by atoms with Crippen molar-refractivity contribution >= 4 is 71.1 Å². The zero-order chi connectivity index (χ0) is 55.2. The maximum absolute atomic E-state index is 12.7. The standard InChI is InChI=1S/C20H16N2O2.C19H23NO.C14H12FNO.C13H10ClNO/c23-19-11-5-1-7-15(19)13-21-17-9-3-4-10-18(17)22-14-16-8-2-6-12-20(16)24;1-3-5-6-16-7-11-18(12-8-16)20-15-17-9-13-19(14-10-17)21-4-2;1-17-14-8-6-13(7-9-14)16-10-11-2-4-12(15)5-3-11;14-11-6-2-3-7-12(11)15-9-10-5-1-4-8-13(10)16/h1-14,23-24H;7-15H,3-6H2,1-2H3;2-10H,1H3;1-9,16H. The molecule has 12 heteroatoms. The lowest BCUT2D eigenvalue weighted by Gasteiger charge is -2.02. The number of hydrogen-bond acceptors (Lipinski definition) is 10. The van der Waals surface area contributed by atoms with E-state index >= 15 is 0 Å². The largest absolute Gasteiger partial charge is 0.507 e. The van der Waals surface area contributed by atoms with Gasteiger partial charge < -0.3 is 24.8 Å². The monoisotopic (exact) mass is 1060 g/mol. The number of para-hydroxylation sites is 6. The van der Waals surface area contributed by atoms with E-state index in [1.165, 1.54) is 30.5 Å². The Balaban J connectivity index is 0.000000170. The molecule has 0 aliphatic heterocycles. The first-order chi connectivity index (χ1) is 38.1. The molecule has 10 nitrogen and oxygen atoms in total. The molecule has 0 saturated heterocycles. The van der Waals surface area contributed by atoms with Gasteiger partial charge in [-0.15, -0.1) is 0 Å². The topological polar surface area (TPSA) is 141 Å². The molecule has 0 fully saturated rings. The Morgan fingerprint density at radius 1 is 0.436 bits per heavy atom. The summed E-state index contributed by atoms with van der Waals surface area (Å²) in [6.45, 7) is 4.90. The van der Waals surface area contributed by atoms with Crippen molar-refractivity contribution in [3.63, 3.8) is 0 Å². The van der Waals surface area contributed by atoms with Gasteiger partial charge in [0.2, 0.25) is 0 Å². The number of aryl methyl sites for hydroxylation is 1. The number of phenols is 3. The quantitative estimate of drug-likeness (QED) is 0.0827. The highest BCUT2D eigenvalue weighted by Gasteiger charge is 2.03. The molecule has 3 N–H and O–H groups in total. The van der Waals surface area contributed by atoms with Crippen LogP contribution in [0.2, 0.25) is 5.02 Å². The molecular formula is C66H61ClFN5O5. The van der Waals surface area contributed by atoms with Gasteiger partial charge in [0, 0.05) is 47.8 Å². The SMILES string of the molecule is CCCCc1ccc(N=Cc2ccc(OCC)cc2)cc1.COc1ccc(N=Cc2ccc(F)cc2)cc1.Oc1ccccc1C=Nc1ccccc1Cl.Oc1ccccc1C=Nc1ccccc1N=Cc1ccccc1O. The zero-order valence-electron chi connectivity index (χ0n) is 43.6. The van der Waals surface area contributed by atoms with E-state index < -0.39 is 0 Å². The molecule has 0 radical (unpaired) electrons. The molecule has 0 heterocycles. The van der Waals surface area contributed by atoms with Crippen molar-refractivity contribution in [1.82, 2.24) is 0 Å². The van der Waals surface area contributed by atoms with Crippen molar-refractivity contribution in [3.05, 3.63) is 263 Å². The van der Waals surface area contributed by atoms with Gasteiger partial charge in [-0.25, -0.2) is 4.39 Å². The number of methoxy groups -OCH3 is 1. The smallest absolute Gasteiger partial charge is 0.124 e. The minimum atomic E-state index is -0.244. The van der Waals surface area contributed by atoms with Crippen molar-refractivity contribution < 1.29 is 29.2 Å². The Kier molecular flexibility index (Phi) is 23.8. The molecule has 78 heavy (non-hydrogen) atoms.